The van der Waals surface area contributed by atoms with Crippen LogP contribution in [0.2, 0.25) is 0 Å². The third-order valence-electron chi connectivity index (χ3n) is 2.43. The largest absolute Gasteiger partial charge is 0.508 e. The first-order valence-electron chi connectivity index (χ1n) is 5.15. The predicted octanol–water partition coefficient (Wildman–Crippen LogP) is 2.06. The van der Waals surface area contributed by atoms with Crippen LogP contribution in [0.1, 0.15) is 10.4 Å². The van der Waals surface area contributed by atoms with Gasteiger partial charge in [-0.1, -0.05) is 6.07 Å². The van der Waals surface area contributed by atoms with Crippen molar-refractivity contribution in [2.45, 2.75) is 0 Å². The Kier molecular flexibility index (Phi) is 3.05. The molecular formula is C13H12N2O2. The molecule has 1 heterocycles. The van der Waals surface area contributed by atoms with Crippen molar-refractivity contribution in [1.29, 1.82) is 0 Å². The van der Waals surface area contributed by atoms with E-state index in [0.717, 1.165) is 0 Å². The zero-order chi connectivity index (χ0) is 12.3. The fourth-order valence-electron chi connectivity index (χ4n) is 1.50. The quantitative estimate of drug-likeness (QED) is 0.856. The summed E-state index contributed by atoms with van der Waals surface area (Å²) >= 11 is 0. The molecule has 0 bridgehead atoms. The van der Waals surface area contributed by atoms with Crippen molar-refractivity contribution in [2.75, 3.05) is 11.9 Å². The van der Waals surface area contributed by atoms with Gasteiger partial charge in [-0.15, -0.1) is 0 Å². The predicted molar refractivity (Wildman–Crippen MR) is 65.1 cm³/mol. The van der Waals surface area contributed by atoms with Gasteiger partial charge in [0.1, 0.15) is 5.75 Å². The molecule has 0 aliphatic rings. The molecular weight excluding hydrogens is 216 g/mol. The molecule has 1 aromatic carbocycles. The highest BCUT2D eigenvalue weighted by Crippen LogP contribution is 2.16. The topological polar surface area (TPSA) is 53.4 Å². The maximum Gasteiger partial charge on any atom is 0.258 e. The Hall–Kier alpha value is -2.36. The first-order valence-corrected chi connectivity index (χ1v) is 5.15. The number of hydrogen-bond acceptors (Lipinski definition) is 3. The number of hydrogen-bond donors (Lipinski definition) is 1. The lowest BCUT2D eigenvalue weighted by Crippen LogP contribution is -2.26. The van der Waals surface area contributed by atoms with E-state index in [1.54, 1.807) is 43.7 Å². The SMILES string of the molecule is CN(C(=O)c1cccc(O)c1)c1cccnc1. The number of phenolic OH excluding ortho intramolecular Hbond substituents is 1. The monoisotopic (exact) mass is 228 g/mol. The van der Waals surface area contributed by atoms with E-state index in [1.807, 2.05) is 0 Å². The lowest BCUT2D eigenvalue weighted by molar-refractivity contribution is 0.0992. The zero-order valence-electron chi connectivity index (χ0n) is 9.37. The Morgan fingerprint density at radius 3 is 2.76 bits per heavy atom. The van der Waals surface area contributed by atoms with Gasteiger partial charge in [0, 0.05) is 18.8 Å². The summed E-state index contributed by atoms with van der Waals surface area (Å²) in [7, 11) is 1.67. The molecule has 1 aromatic heterocycles. The van der Waals surface area contributed by atoms with Crippen molar-refractivity contribution in [3.8, 4) is 5.75 Å². The third-order valence-corrected chi connectivity index (χ3v) is 2.43. The zero-order valence-corrected chi connectivity index (χ0v) is 9.37. The number of carbonyl (C=O) groups excluding carboxylic acids is 1. The van der Waals surface area contributed by atoms with E-state index in [4.69, 9.17) is 0 Å². The molecule has 0 spiro atoms. The highest BCUT2D eigenvalue weighted by atomic mass is 16.3. The molecule has 86 valence electrons. The standard InChI is InChI=1S/C13H12N2O2/c1-15(11-5-3-7-14-9-11)13(17)10-4-2-6-12(16)8-10/h2-9,16H,1H3. The van der Waals surface area contributed by atoms with E-state index in [-0.39, 0.29) is 11.7 Å². The van der Waals surface area contributed by atoms with Gasteiger partial charge in [0.25, 0.3) is 5.91 Å². The molecule has 4 heteroatoms. The number of nitrogens with zero attached hydrogens (tertiary/aromatic N) is 2. The second-order valence-electron chi connectivity index (χ2n) is 3.63. The summed E-state index contributed by atoms with van der Waals surface area (Å²) in [6.07, 6.45) is 3.26. The molecule has 0 fully saturated rings. The Balaban J connectivity index is 2.27. The molecule has 0 radical (unpaired) electrons. The fraction of sp³-hybridized carbons (Fsp3) is 0.0769. The smallest absolute Gasteiger partial charge is 0.258 e. The van der Waals surface area contributed by atoms with Gasteiger partial charge < -0.3 is 10.0 Å². The van der Waals surface area contributed by atoms with Gasteiger partial charge in [0.05, 0.1) is 11.9 Å². The lowest BCUT2D eigenvalue weighted by Gasteiger charge is -2.16. The number of amides is 1. The third kappa shape index (κ3) is 2.42. The minimum atomic E-state index is -0.186. The molecule has 0 aliphatic heterocycles. The van der Waals surface area contributed by atoms with Gasteiger partial charge >= 0.3 is 0 Å². The summed E-state index contributed by atoms with van der Waals surface area (Å²) < 4.78 is 0. The summed E-state index contributed by atoms with van der Waals surface area (Å²) in [6.45, 7) is 0. The highest BCUT2D eigenvalue weighted by Gasteiger charge is 2.13. The molecule has 0 saturated carbocycles. The van der Waals surface area contributed by atoms with Crippen LogP contribution in [0.4, 0.5) is 5.69 Å². The summed E-state index contributed by atoms with van der Waals surface area (Å²) in [5, 5.41) is 9.33. The Bertz CT molecular complexity index is 526. The highest BCUT2D eigenvalue weighted by molar-refractivity contribution is 6.05. The van der Waals surface area contributed by atoms with E-state index in [1.165, 1.54) is 17.0 Å². The Morgan fingerprint density at radius 2 is 2.12 bits per heavy atom. The van der Waals surface area contributed by atoms with Gasteiger partial charge in [0.15, 0.2) is 0 Å². The molecule has 1 amide bonds. The lowest BCUT2D eigenvalue weighted by atomic mass is 10.2. The van der Waals surface area contributed by atoms with Crippen LogP contribution in [0.15, 0.2) is 48.8 Å². The number of aromatic hydroxyl groups is 1. The van der Waals surface area contributed by atoms with Gasteiger partial charge in [-0.2, -0.15) is 0 Å². The minimum Gasteiger partial charge on any atom is -0.508 e. The van der Waals surface area contributed by atoms with Crippen LogP contribution in [0.3, 0.4) is 0 Å². The first kappa shape index (κ1) is 11.1. The molecule has 0 aliphatic carbocycles. The number of pyridine rings is 1. The molecule has 2 rings (SSSR count). The second-order valence-corrected chi connectivity index (χ2v) is 3.63. The number of rotatable bonds is 2. The first-order chi connectivity index (χ1) is 8.18. The van der Waals surface area contributed by atoms with Gasteiger partial charge in [-0.3, -0.25) is 9.78 Å². The Morgan fingerprint density at radius 1 is 1.29 bits per heavy atom. The van der Waals surface area contributed by atoms with Crippen molar-refractivity contribution in [3.05, 3.63) is 54.4 Å². The molecule has 0 atom stereocenters. The van der Waals surface area contributed by atoms with Crippen molar-refractivity contribution in [3.63, 3.8) is 0 Å². The van der Waals surface area contributed by atoms with Crippen LogP contribution in [-0.4, -0.2) is 23.0 Å². The average Bonchev–Trinajstić information content (AvgIpc) is 2.38. The number of aromatic nitrogens is 1. The van der Waals surface area contributed by atoms with E-state index in [9.17, 15) is 9.90 Å². The Labute approximate surface area is 99.2 Å². The molecule has 17 heavy (non-hydrogen) atoms. The second kappa shape index (κ2) is 4.65. The van der Waals surface area contributed by atoms with Gasteiger partial charge in [-0.25, -0.2) is 0 Å². The number of anilines is 1. The molecule has 1 N–H and O–H groups in total. The van der Waals surface area contributed by atoms with Crippen LogP contribution >= 0.6 is 0 Å². The molecule has 0 unspecified atom stereocenters. The molecule has 4 nitrogen and oxygen atoms in total. The van der Waals surface area contributed by atoms with Gasteiger partial charge in [-0.05, 0) is 30.3 Å². The average molecular weight is 228 g/mol. The van der Waals surface area contributed by atoms with Crippen molar-refractivity contribution in [1.82, 2.24) is 4.98 Å². The maximum atomic E-state index is 12.1. The number of carbonyl (C=O) groups is 1. The molecule has 0 saturated heterocycles. The van der Waals surface area contributed by atoms with Crippen molar-refractivity contribution in [2.24, 2.45) is 0 Å². The summed E-state index contributed by atoms with van der Waals surface area (Å²) in [5.74, 6) is -0.107. The van der Waals surface area contributed by atoms with E-state index >= 15 is 0 Å². The maximum absolute atomic E-state index is 12.1. The normalized spacial score (nSPS) is 9.94. The van der Waals surface area contributed by atoms with Crippen LogP contribution in [-0.2, 0) is 0 Å². The van der Waals surface area contributed by atoms with E-state index in [0.29, 0.717) is 11.3 Å². The van der Waals surface area contributed by atoms with Crippen LogP contribution in [0.5, 0.6) is 5.75 Å². The number of phenols is 1. The van der Waals surface area contributed by atoms with Crippen LogP contribution < -0.4 is 4.90 Å². The van der Waals surface area contributed by atoms with E-state index < -0.39 is 0 Å². The van der Waals surface area contributed by atoms with Crippen LogP contribution in [0, 0.1) is 0 Å². The summed E-state index contributed by atoms with van der Waals surface area (Å²) in [5.41, 5.74) is 1.15. The molecule has 2 aromatic rings. The summed E-state index contributed by atoms with van der Waals surface area (Å²) in [6, 6.07) is 9.83. The van der Waals surface area contributed by atoms with Gasteiger partial charge in [0.2, 0.25) is 0 Å². The minimum absolute atomic E-state index is 0.0791. The van der Waals surface area contributed by atoms with Crippen molar-refractivity contribution < 1.29 is 9.90 Å². The van der Waals surface area contributed by atoms with E-state index in [2.05, 4.69) is 4.98 Å². The van der Waals surface area contributed by atoms with Crippen molar-refractivity contribution >= 4 is 11.6 Å². The van der Waals surface area contributed by atoms with Crippen LogP contribution in [0.25, 0.3) is 0 Å². The number of benzene rings is 1. The summed E-state index contributed by atoms with van der Waals surface area (Å²) in [4.78, 5) is 17.5. The fourth-order valence-corrected chi connectivity index (χ4v) is 1.50.